The molecule has 2 rings (SSSR count). The van der Waals surface area contributed by atoms with Crippen LogP contribution >= 0.6 is 0 Å². The van der Waals surface area contributed by atoms with Crippen molar-refractivity contribution in [2.45, 2.75) is 27.3 Å². The van der Waals surface area contributed by atoms with E-state index in [1.807, 2.05) is 45.0 Å². The molecule has 0 aliphatic heterocycles. The summed E-state index contributed by atoms with van der Waals surface area (Å²) in [5, 5.41) is 13.0. The average molecular weight is 233 g/mol. The summed E-state index contributed by atoms with van der Waals surface area (Å²) in [5.41, 5.74) is 2.21. The van der Waals surface area contributed by atoms with E-state index in [0.717, 1.165) is 5.56 Å². The lowest BCUT2D eigenvalue weighted by Crippen LogP contribution is -2.02. The highest BCUT2D eigenvalue weighted by Gasteiger charge is 2.02. The second-order valence-electron chi connectivity index (χ2n) is 3.42. The van der Waals surface area contributed by atoms with Gasteiger partial charge in [0.25, 0.3) is 0 Å². The fourth-order valence-electron chi connectivity index (χ4n) is 1.34. The summed E-state index contributed by atoms with van der Waals surface area (Å²) in [6, 6.07) is 8.05. The van der Waals surface area contributed by atoms with Gasteiger partial charge in [-0.15, -0.1) is 0 Å². The summed E-state index contributed by atoms with van der Waals surface area (Å²) in [4.78, 5) is 4.18. The highest BCUT2D eigenvalue weighted by Crippen LogP contribution is 2.14. The molecule has 0 amide bonds. The quantitative estimate of drug-likeness (QED) is 0.884. The van der Waals surface area contributed by atoms with Gasteiger partial charge in [0, 0.05) is 5.56 Å². The Bertz CT molecular complexity index is 434. The zero-order chi connectivity index (χ0) is 12.7. The van der Waals surface area contributed by atoms with Crippen LogP contribution in [0, 0.1) is 6.92 Å². The van der Waals surface area contributed by atoms with Crippen LogP contribution in [0.15, 0.2) is 30.6 Å². The minimum absolute atomic E-state index is 0.0801. The molecule has 17 heavy (non-hydrogen) atoms. The van der Waals surface area contributed by atoms with Gasteiger partial charge in [0.1, 0.15) is 6.33 Å². The fourth-order valence-corrected chi connectivity index (χ4v) is 1.34. The van der Waals surface area contributed by atoms with Gasteiger partial charge in [0.05, 0.1) is 13.2 Å². The first kappa shape index (κ1) is 13.4. The minimum Gasteiger partial charge on any atom is -0.394 e. The summed E-state index contributed by atoms with van der Waals surface area (Å²) in [7, 11) is 0. The van der Waals surface area contributed by atoms with E-state index in [2.05, 4.69) is 10.1 Å². The average Bonchev–Trinajstić information content (AvgIpc) is 2.82. The van der Waals surface area contributed by atoms with E-state index in [1.165, 1.54) is 5.56 Å². The van der Waals surface area contributed by atoms with Crippen molar-refractivity contribution in [3.63, 3.8) is 0 Å². The van der Waals surface area contributed by atoms with Gasteiger partial charge in [-0.25, -0.2) is 4.98 Å². The maximum Gasteiger partial charge on any atom is 0.181 e. The van der Waals surface area contributed by atoms with Crippen LogP contribution in [-0.4, -0.2) is 26.5 Å². The third-order valence-corrected chi connectivity index (χ3v) is 2.18. The first-order chi connectivity index (χ1) is 8.29. The summed E-state index contributed by atoms with van der Waals surface area (Å²) in [6.07, 6.45) is 1.63. The zero-order valence-corrected chi connectivity index (χ0v) is 10.6. The molecule has 0 unspecified atom stereocenters. The molecule has 1 heterocycles. The Kier molecular flexibility index (Phi) is 5.36. The molecule has 0 atom stereocenters. The fraction of sp³-hybridized carbons (Fsp3) is 0.385. The van der Waals surface area contributed by atoms with Gasteiger partial charge in [-0.2, -0.15) is 5.10 Å². The van der Waals surface area contributed by atoms with Crippen LogP contribution in [0.4, 0.5) is 0 Å². The molecule has 4 heteroatoms. The highest BCUT2D eigenvalue weighted by molar-refractivity contribution is 5.54. The molecular weight excluding hydrogens is 214 g/mol. The number of nitrogens with zero attached hydrogens (tertiary/aromatic N) is 3. The molecule has 0 aliphatic carbocycles. The van der Waals surface area contributed by atoms with E-state index in [4.69, 9.17) is 5.11 Å². The van der Waals surface area contributed by atoms with Crippen LogP contribution in [-0.2, 0) is 6.54 Å². The Hall–Kier alpha value is -1.68. The third kappa shape index (κ3) is 3.67. The van der Waals surface area contributed by atoms with Crippen LogP contribution in [0.3, 0.4) is 0 Å². The maximum absolute atomic E-state index is 8.75. The molecule has 1 N–H and O–H groups in total. The van der Waals surface area contributed by atoms with E-state index >= 15 is 0 Å². The molecule has 0 saturated heterocycles. The van der Waals surface area contributed by atoms with Gasteiger partial charge in [0.2, 0.25) is 0 Å². The Morgan fingerprint density at radius 2 is 1.82 bits per heavy atom. The molecule has 0 saturated carbocycles. The summed E-state index contributed by atoms with van der Waals surface area (Å²) in [6.45, 7) is 6.61. The van der Waals surface area contributed by atoms with Crippen molar-refractivity contribution in [3.8, 4) is 11.4 Å². The van der Waals surface area contributed by atoms with Gasteiger partial charge < -0.3 is 5.11 Å². The first-order valence-electron chi connectivity index (χ1n) is 5.87. The number of aliphatic hydroxyl groups is 1. The second kappa shape index (κ2) is 6.81. The van der Waals surface area contributed by atoms with Crippen molar-refractivity contribution in [1.29, 1.82) is 0 Å². The Morgan fingerprint density at radius 1 is 1.18 bits per heavy atom. The monoisotopic (exact) mass is 233 g/mol. The van der Waals surface area contributed by atoms with E-state index in [1.54, 1.807) is 11.0 Å². The number of aryl methyl sites for hydroxylation is 1. The second-order valence-corrected chi connectivity index (χ2v) is 3.42. The molecule has 0 aliphatic rings. The standard InChI is InChI=1S/C11H13N3O.C2H6/c1-9-2-4-10(5-3-9)11-12-8-14(13-11)6-7-15;1-2/h2-5,8,15H,6-7H2,1H3;1-2H3. The van der Waals surface area contributed by atoms with Crippen LogP contribution in [0.2, 0.25) is 0 Å². The van der Waals surface area contributed by atoms with Crippen molar-refractivity contribution in [2.24, 2.45) is 0 Å². The molecule has 0 radical (unpaired) electrons. The van der Waals surface area contributed by atoms with Crippen molar-refractivity contribution in [3.05, 3.63) is 36.2 Å². The lowest BCUT2D eigenvalue weighted by Gasteiger charge is -1.96. The Labute approximate surface area is 102 Å². The van der Waals surface area contributed by atoms with Crippen molar-refractivity contribution < 1.29 is 5.11 Å². The number of hydrogen-bond acceptors (Lipinski definition) is 3. The molecular formula is C13H19N3O. The van der Waals surface area contributed by atoms with E-state index < -0.39 is 0 Å². The van der Waals surface area contributed by atoms with Crippen molar-refractivity contribution >= 4 is 0 Å². The predicted molar refractivity (Wildman–Crippen MR) is 68.6 cm³/mol. The lowest BCUT2D eigenvalue weighted by molar-refractivity contribution is 0.269. The molecule has 1 aromatic carbocycles. The summed E-state index contributed by atoms with van der Waals surface area (Å²) >= 11 is 0. The SMILES string of the molecule is CC.Cc1ccc(-c2ncn(CCO)n2)cc1. The summed E-state index contributed by atoms with van der Waals surface area (Å²) in [5.74, 6) is 0.698. The molecule has 0 spiro atoms. The van der Waals surface area contributed by atoms with Gasteiger partial charge >= 0.3 is 0 Å². The largest absolute Gasteiger partial charge is 0.394 e. The number of benzene rings is 1. The van der Waals surface area contributed by atoms with Gasteiger partial charge in [-0.05, 0) is 6.92 Å². The normalized spacial score (nSPS) is 9.65. The smallest absolute Gasteiger partial charge is 0.181 e. The number of aromatic nitrogens is 3. The number of aliphatic hydroxyl groups excluding tert-OH is 1. The van der Waals surface area contributed by atoms with Crippen molar-refractivity contribution in [2.75, 3.05) is 6.61 Å². The number of hydrogen-bond donors (Lipinski definition) is 1. The molecule has 0 bridgehead atoms. The van der Waals surface area contributed by atoms with Crippen molar-refractivity contribution in [1.82, 2.24) is 14.8 Å². The van der Waals surface area contributed by atoms with Crippen LogP contribution < -0.4 is 0 Å². The predicted octanol–water partition coefficient (Wildman–Crippen LogP) is 2.27. The van der Waals surface area contributed by atoms with Gasteiger partial charge in [0.15, 0.2) is 5.82 Å². The zero-order valence-electron chi connectivity index (χ0n) is 10.6. The van der Waals surface area contributed by atoms with Crippen LogP contribution in [0.25, 0.3) is 11.4 Å². The molecule has 2 aromatic rings. The maximum atomic E-state index is 8.75. The van der Waals surface area contributed by atoms with Crippen LogP contribution in [0.1, 0.15) is 19.4 Å². The van der Waals surface area contributed by atoms with E-state index in [0.29, 0.717) is 12.4 Å². The molecule has 92 valence electrons. The lowest BCUT2D eigenvalue weighted by atomic mass is 10.1. The van der Waals surface area contributed by atoms with E-state index in [-0.39, 0.29) is 6.61 Å². The first-order valence-corrected chi connectivity index (χ1v) is 5.87. The highest BCUT2D eigenvalue weighted by atomic mass is 16.3. The van der Waals surface area contributed by atoms with Gasteiger partial charge in [-0.1, -0.05) is 43.7 Å². The third-order valence-electron chi connectivity index (χ3n) is 2.18. The Morgan fingerprint density at radius 3 is 2.41 bits per heavy atom. The Balaban J connectivity index is 0.000000686. The molecule has 1 aromatic heterocycles. The van der Waals surface area contributed by atoms with Gasteiger partial charge in [-0.3, -0.25) is 4.68 Å². The minimum atomic E-state index is 0.0801. The molecule has 4 nitrogen and oxygen atoms in total. The topological polar surface area (TPSA) is 50.9 Å². The summed E-state index contributed by atoms with van der Waals surface area (Å²) < 4.78 is 1.63. The molecule has 0 fully saturated rings. The van der Waals surface area contributed by atoms with E-state index in [9.17, 15) is 0 Å². The number of rotatable bonds is 3. The van der Waals surface area contributed by atoms with Crippen LogP contribution in [0.5, 0.6) is 0 Å².